The number of nitrogens with one attached hydrogen (secondary N) is 1. The number of anilines is 1. The van der Waals surface area contributed by atoms with Crippen LogP contribution in [0.15, 0.2) is 23.8 Å². The Hall–Kier alpha value is -1.66. The monoisotopic (exact) mass is 297 g/mol. The van der Waals surface area contributed by atoms with Gasteiger partial charge in [0.25, 0.3) is 0 Å². The standard InChI is InChI=1S/C12H12ClN3O2S/c1-7(11-14-2-3-19-11)5-15-10-9(13)4-8(6-16-10)12(17)18/h2-4,6-7H,5H2,1H3,(H,15,16)(H,17,18). The fourth-order valence-electron chi connectivity index (χ4n) is 1.50. The molecule has 1 unspecified atom stereocenters. The Morgan fingerprint density at radius 1 is 1.58 bits per heavy atom. The minimum atomic E-state index is -1.04. The van der Waals surface area contributed by atoms with Crippen molar-refractivity contribution in [3.05, 3.63) is 39.4 Å². The zero-order valence-corrected chi connectivity index (χ0v) is 11.7. The highest BCUT2D eigenvalue weighted by atomic mass is 35.5. The van der Waals surface area contributed by atoms with Crippen molar-refractivity contribution in [1.29, 1.82) is 0 Å². The van der Waals surface area contributed by atoms with Crippen molar-refractivity contribution in [3.8, 4) is 0 Å². The molecule has 0 saturated heterocycles. The lowest BCUT2D eigenvalue weighted by atomic mass is 10.2. The number of rotatable bonds is 5. The highest BCUT2D eigenvalue weighted by molar-refractivity contribution is 7.09. The molecule has 0 radical (unpaired) electrons. The fourth-order valence-corrected chi connectivity index (χ4v) is 2.43. The highest BCUT2D eigenvalue weighted by Crippen LogP contribution is 2.22. The van der Waals surface area contributed by atoms with Gasteiger partial charge in [0.1, 0.15) is 5.82 Å². The van der Waals surface area contributed by atoms with Crippen molar-refractivity contribution in [2.45, 2.75) is 12.8 Å². The molecular formula is C12H12ClN3O2S. The molecule has 2 N–H and O–H groups in total. The lowest BCUT2D eigenvalue weighted by molar-refractivity contribution is 0.0696. The molecule has 0 amide bonds. The number of aromatic nitrogens is 2. The molecule has 0 aliphatic rings. The third kappa shape index (κ3) is 3.42. The van der Waals surface area contributed by atoms with Crippen LogP contribution in [0.3, 0.4) is 0 Å². The summed E-state index contributed by atoms with van der Waals surface area (Å²) in [6.45, 7) is 2.68. The first kappa shape index (κ1) is 13.8. The largest absolute Gasteiger partial charge is 0.478 e. The zero-order valence-electron chi connectivity index (χ0n) is 10.1. The Morgan fingerprint density at radius 2 is 2.37 bits per heavy atom. The molecule has 5 nitrogen and oxygen atoms in total. The van der Waals surface area contributed by atoms with E-state index in [4.69, 9.17) is 16.7 Å². The Labute approximate surface area is 119 Å². The van der Waals surface area contributed by atoms with Crippen molar-refractivity contribution < 1.29 is 9.90 Å². The smallest absolute Gasteiger partial charge is 0.337 e. The zero-order chi connectivity index (χ0) is 13.8. The maximum absolute atomic E-state index is 10.8. The number of nitrogens with zero attached hydrogens (tertiary/aromatic N) is 2. The number of hydrogen-bond acceptors (Lipinski definition) is 5. The lowest BCUT2D eigenvalue weighted by Crippen LogP contribution is -2.11. The van der Waals surface area contributed by atoms with E-state index in [1.54, 1.807) is 17.5 Å². The molecule has 1 atom stereocenters. The van der Waals surface area contributed by atoms with Crippen LogP contribution in [0.1, 0.15) is 28.2 Å². The van der Waals surface area contributed by atoms with Crippen molar-refractivity contribution in [3.63, 3.8) is 0 Å². The van der Waals surface area contributed by atoms with E-state index >= 15 is 0 Å². The summed E-state index contributed by atoms with van der Waals surface area (Å²) in [5, 5.41) is 15.2. The van der Waals surface area contributed by atoms with Crippen molar-refractivity contribution >= 4 is 34.7 Å². The summed E-state index contributed by atoms with van der Waals surface area (Å²) in [6, 6.07) is 1.38. The average molecular weight is 298 g/mol. The molecule has 2 aromatic rings. The second kappa shape index (κ2) is 5.99. The van der Waals surface area contributed by atoms with Gasteiger partial charge >= 0.3 is 5.97 Å². The van der Waals surface area contributed by atoms with Gasteiger partial charge in [-0.05, 0) is 6.07 Å². The van der Waals surface area contributed by atoms with Crippen LogP contribution in [0.25, 0.3) is 0 Å². The van der Waals surface area contributed by atoms with Gasteiger partial charge in [-0.1, -0.05) is 18.5 Å². The van der Waals surface area contributed by atoms with E-state index in [-0.39, 0.29) is 11.5 Å². The van der Waals surface area contributed by atoms with E-state index in [1.165, 1.54) is 12.3 Å². The quantitative estimate of drug-likeness (QED) is 0.887. The first-order chi connectivity index (χ1) is 9.08. The number of aromatic carboxylic acids is 1. The summed E-state index contributed by atoms with van der Waals surface area (Å²) < 4.78 is 0. The van der Waals surface area contributed by atoms with Crippen molar-refractivity contribution in [2.24, 2.45) is 0 Å². The van der Waals surface area contributed by atoms with Gasteiger partial charge in [0, 0.05) is 30.2 Å². The Morgan fingerprint density at radius 3 is 2.95 bits per heavy atom. The molecule has 7 heteroatoms. The summed E-state index contributed by atoms with van der Waals surface area (Å²) in [5.74, 6) is -0.329. The van der Waals surface area contributed by atoms with E-state index in [9.17, 15) is 4.79 Å². The number of hydrogen-bond donors (Lipinski definition) is 2. The molecular weight excluding hydrogens is 286 g/mol. The number of carboxylic acids is 1. The van der Waals surface area contributed by atoms with Crippen LogP contribution in [-0.4, -0.2) is 27.6 Å². The van der Waals surface area contributed by atoms with Crippen LogP contribution in [-0.2, 0) is 0 Å². The molecule has 0 aliphatic heterocycles. The number of carbonyl (C=O) groups is 1. The summed E-state index contributed by atoms with van der Waals surface area (Å²) >= 11 is 7.57. The number of carboxylic acid groups (broad SMARTS) is 1. The van der Waals surface area contributed by atoms with Crippen LogP contribution >= 0.6 is 22.9 Å². The van der Waals surface area contributed by atoms with E-state index in [0.29, 0.717) is 17.4 Å². The van der Waals surface area contributed by atoms with Crippen molar-refractivity contribution in [2.75, 3.05) is 11.9 Å². The molecule has 19 heavy (non-hydrogen) atoms. The van der Waals surface area contributed by atoms with Gasteiger partial charge in [0.15, 0.2) is 0 Å². The van der Waals surface area contributed by atoms with E-state index in [1.807, 2.05) is 12.3 Å². The maximum Gasteiger partial charge on any atom is 0.337 e. The fraction of sp³-hybridized carbons (Fsp3) is 0.250. The first-order valence-electron chi connectivity index (χ1n) is 5.60. The van der Waals surface area contributed by atoms with Gasteiger partial charge in [0.2, 0.25) is 0 Å². The molecule has 2 heterocycles. The molecule has 100 valence electrons. The van der Waals surface area contributed by atoms with Gasteiger partial charge in [0.05, 0.1) is 15.6 Å². The minimum Gasteiger partial charge on any atom is -0.478 e. The first-order valence-corrected chi connectivity index (χ1v) is 6.85. The molecule has 0 fully saturated rings. The second-order valence-electron chi connectivity index (χ2n) is 4.01. The van der Waals surface area contributed by atoms with Crippen LogP contribution in [0.4, 0.5) is 5.82 Å². The maximum atomic E-state index is 10.8. The topological polar surface area (TPSA) is 75.1 Å². The molecule has 0 aliphatic carbocycles. The average Bonchev–Trinajstić information content (AvgIpc) is 2.90. The third-order valence-electron chi connectivity index (χ3n) is 2.54. The van der Waals surface area contributed by atoms with Crippen LogP contribution in [0, 0.1) is 0 Å². The minimum absolute atomic E-state index is 0.0727. The van der Waals surface area contributed by atoms with Gasteiger partial charge in [-0.25, -0.2) is 14.8 Å². The van der Waals surface area contributed by atoms with Crippen molar-refractivity contribution in [1.82, 2.24) is 9.97 Å². The molecule has 2 rings (SSSR count). The van der Waals surface area contributed by atoms with E-state index in [2.05, 4.69) is 15.3 Å². The molecule has 2 aromatic heterocycles. The third-order valence-corrected chi connectivity index (χ3v) is 3.83. The predicted octanol–water partition coefficient (Wildman–Crippen LogP) is 3.11. The van der Waals surface area contributed by atoms with Gasteiger partial charge in [-0.3, -0.25) is 0 Å². The second-order valence-corrected chi connectivity index (χ2v) is 5.35. The van der Waals surface area contributed by atoms with Crippen LogP contribution < -0.4 is 5.32 Å². The normalized spacial score (nSPS) is 12.1. The van der Waals surface area contributed by atoms with Crippen LogP contribution in [0.2, 0.25) is 5.02 Å². The lowest BCUT2D eigenvalue weighted by Gasteiger charge is -2.11. The summed E-state index contributed by atoms with van der Waals surface area (Å²) in [5.41, 5.74) is 0.0727. The molecule has 0 spiro atoms. The molecule has 0 saturated carbocycles. The van der Waals surface area contributed by atoms with Gasteiger partial charge in [-0.15, -0.1) is 11.3 Å². The summed E-state index contributed by atoms with van der Waals surface area (Å²) in [4.78, 5) is 19.0. The number of thiazole rings is 1. The summed E-state index contributed by atoms with van der Waals surface area (Å²) in [6.07, 6.45) is 3.05. The SMILES string of the molecule is CC(CNc1ncc(C(=O)O)cc1Cl)c1nccs1. The predicted molar refractivity (Wildman–Crippen MR) is 75.2 cm³/mol. The Bertz CT molecular complexity index is 574. The highest BCUT2D eigenvalue weighted by Gasteiger charge is 2.11. The van der Waals surface area contributed by atoms with E-state index < -0.39 is 5.97 Å². The Balaban J connectivity index is 2.02. The molecule has 0 bridgehead atoms. The Kier molecular flexibility index (Phi) is 4.34. The number of pyridine rings is 1. The van der Waals surface area contributed by atoms with Gasteiger partial charge in [-0.2, -0.15) is 0 Å². The summed E-state index contributed by atoms with van der Waals surface area (Å²) in [7, 11) is 0. The van der Waals surface area contributed by atoms with Gasteiger partial charge < -0.3 is 10.4 Å². The van der Waals surface area contributed by atoms with E-state index in [0.717, 1.165) is 5.01 Å². The molecule has 0 aromatic carbocycles. The van der Waals surface area contributed by atoms with Crippen LogP contribution in [0.5, 0.6) is 0 Å². The number of halogens is 1.